The van der Waals surface area contributed by atoms with Crippen molar-refractivity contribution in [3.63, 3.8) is 0 Å². The molecule has 0 aromatic heterocycles. The van der Waals surface area contributed by atoms with Crippen LogP contribution in [-0.4, -0.2) is 40.2 Å². The predicted octanol–water partition coefficient (Wildman–Crippen LogP) is 1.49. The van der Waals surface area contributed by atoms with Gasteiger partial charge in [0.25, 0.3) is 0 Å². The third-order valence-electron chi connectivity index (χ3n) is 1.77. The van der Waals surface area contributed by atoms with Gasteiger partial charge in [-0.05, 0) is 20.0 Å². The van der Waals surface area contributed by atoms with E-state index in [0.717, 1.165) is 13.1 Å². The summed E-state index contributed by atoms with van der Waals surface area (Å²) in [5, 5.41) is 8.75. The molecular weight excluding hydrogens is 174 g/mol. The van der Waals surface area contributed by atoms with Crippen LogP contribution in [0.1, 0.15) is 20.8 Å². The van der Waals surface area contributed by atoms with Gasteiger partial charge in [-0.25, -0.2) is 0 Å². The van der Waals surface area contributed by atoms with Gasteiger partial charge in [0.15, 0.2) is 0 Å². The summed E-state index contributed by atoms with van der Waals surface area (Å²) >= 11 is 1.47. The molecule has 72 valence electrons. The molecule has 1 atom stereocenters. The van der Waals surface area contributed by atoms with E-state index in [2.05, 4.69) is 18.7 Å². The number of thioether (sulfide) groups is 1. The number of aliphatic carboxylic acids is 1. The summed E-state index contributed by atoms with van der Waals surface area (Å²) in [5.74, 6) is -0.545. The van der Waals surface area contributed by atoms with E-state index in [1.807, 2.05) is 6.92 Å². The van der Waals surface area contributed by atoms with Gasteiger partial charge >= 0.3 is 5.97 Å². The van der Waals surface area contributed by atoms with Crippen molar-refractivity contribution >= 4 is 17.7 Å². The largest absolute Gasteiger partial charge is 0.481 e. The highest BCUT2D eigenvalue weighted by Gasteiger charge is 2.11. The third-order valence-corrected chi connectivity index (χ3v) is 2.97. The zero-order valence-corrected chi connectivity index (χ0v) is 8.73. The number of rotatable bonds is 6. The van der Waals surface area contributed by atoms with Gasteiger partial charge in [-0.3, -0.25) is 9.69 Å². The van der Waals surface area contributed by atoms with E-state index in [9.17, 15) is 4.79 Å². The number of nitrogens with zero attached hydrogens (tertiary/aromatic N) is 1. The number of hydrogen-bond acceptors (Lipinski definition) is 3. The molecule has 1 unspecified atom stereocenters. The Morgan fingerprint density at radius 3 is 2.33 bits per heavy atom. The molecule has 0 bridgehead atoms. The van der Waals surface area contributed by atoms with Crippen molar-refractivity contribution in [1.29, 1.82) is 0 Å². The van der Waals surface area contributed by atoms with Gasteiger partial charge in [0.2, 0.25) is 0 Å². The van der Waals surface area contributed by atoms with Crippen molar-refractivity contribution in [2.75, 3.05) is 18.8 Å². The Morgan fingerprint density at radius 1 is 1.50 bits per heavy atom. The van der Waals surface area contributed by atoms with Crippen molar-refractivity contribution in [3.8, 4) is 0 Å². The topological polar surface area (TPSA) is 40.5 Å². The summed E-state index contributed by atoms with van der Waals surface area (Å²) in [5.41, 5.74) is 0. The first kappa shape index (κ1) is 11.8. The highest BCUT2D eigenvalue weighted by molar-refractivity contribution is 8.00. The standard InChI is InChI=1S/C8H17NO2S/c1-4-9(5-2)7(3)12-6-8(10)11/h7H,4-6H2,1-3H3,(H,10,11). The lowest BCUT2D eigenvalue weighted by Crippen LogP contribution is -2.30. The SMILES string of the molecule is CCN(CC)C(C)SCC(=O)O. The molecule has 1 N–H and O–H groups in total. The Kier molecular flexibility index (Phi) is 6.20. The molecule has 0 spiro atoms. The average Bonchev–Trinajstić information content (AvgIpc) is 2.03. The van der Waals surface area contributed by atoms with Crippen LogP contribution in [0, 0.1) is 0 Å². The van der Waals surface area contributed by atoms with Crippen molar-refractivity contribution in [2.45, 2.75) is 26.1 Å². The van der Waals surface area contributed by atoms with Gasteiger partial charge in [0.05, 0.1) is 11.1 Å². The van der Waals surface area contributed by atoms with Gasteiger partial charge in [-0.1, -0.05) is 13.8 Å². The van der Waals surface area contributed by atoms with E-state index in [4.69, 9.17) is 5.11 Å². The maximum absolute atomic E-state index is 10.3. The quantitative estimate of drug-likeness (QED) is 0.646. The second kappa shape index (κ2) is 6.31. The van der Waals surface area contributed by atoms with Crippen LogP contribution < -0.4 is 0 Å². The van der Waals surface area contributed by atoms with Crippen LogP contribution in [0.2, 0.25) is 0 Å². The lowest BCUT2D eigenvalue weighted by atomic mass is 10.5. The fourth-order valence-corrected chi connectivity index (χ4v) is 1.93. The first-order valence-corrected chi connectivity index (χ1v) is 5.24. The maximum Gasteiger partial charge on any atom is 0.313 e. The summed E-state index contributed by atoms with van der Waals surface area (Å²) in [6, 6.07) is 0. The average molecular weight is 191 g/mol. The molecule has 0 fully saturated rings. The van der Waals surface area contributed by atoms with Crippen LogP contribution >= 0.6 is 11.8 Å². The van der Waals surface area contributed by atoms with Gasteiger partial charge in [-0.15, -0.1) is 11.8 Å². The minimum absolute atomic E-state index is 0.192. The van der Waals surface area contributed by atoms with Gasteiger partial charge < -0.3 is 5.11 Å². The number of carboxylic acid groups (broad SMARTS) is 1. The van der Waals surface area contributed by atoms with Gasteiger partial charge in [0.1, 0.15) is 0 Å². The van der Waals surface area contributed by atoms with Crippen molar-refractivity contribution in [2.24, 2.45) is 0 Å². The summed E-state index contributed by atoms with van der Waals surface area (Å²) in [7, 11) is 0. The summed E-state index contributed by atoms with van der Waals surface area (Å²) in [6.07, 6.45) is 0. The zero-order chi connectivity index (χ0) is 9.56. The minimum Gasteiger partial charge on any atom is -0.481 e. The fraction of sp³-hybridized carbons (Fsp3) is 0.875. The van der Waals surface area contributed by atoms with Crippen molar-refractivity contribution in [3.05, 3.63) is 0 Å². The van der Waals surface area contributed by atoms with Crippen LogP contribution in [0.4, 0.5) is 0 Å². The number of carbonyl (C=O) groups is 1. The normalized spacial score (nSPS) is 13.3. The summed E-state index contributed by atoms with van der Waals surface area (Å²) in [4.78, 5) is 12.5. The molecule has 0 aliphatic carbocycles. The minimum atomic E-state index is -0.737. The Hall–Kier alpha value is -0.220. The molecule has 0 aliphatic heterocycles. The molecule has 0 aromatic rings. The molecule has 0 saturated heterocycles. The first-order chi connectivity index (χ1) is 5.61. The van der Waals surface area contributed by atoms with Crippen molar-refractivity contribution < 1.29 is 9.90 Å². The predicted molar refractivity (Wildman–Crippen MR) is 52.5 cm³/mol. The molecule has 0 aromatic carbocycles. The molecule has 0 saturated carbocycles. The van der Waals surface area contributed by atoms with Crippen LogP contribution in [0.15, 0.2) is 0 Å². The number of hydrogen-bond donors (Lipinski definition) is 1. The van der Waals surface area contributed by atoms with E-state index in [1.54, 1.807) is 0 Å². The molecule has 0 rings (SSSR count). The van der Waals surface area contributed by atoms with Gasteiger partial charge in [-0.2, -0.15) is 0 Å². The monoisotopic (exact) mass is 191 g/mol. The van der Waals surface area contributed by atoms with Gasteiger partial charge in [0, 0.05) is 0 Å². The highest BCUT2D eigenvalue weighted by atomic mass is 32.2. The zero-order valence-electron chi connectivity index (χ0n) is 7.91. The highest BCUT2D eigenvalue weighted by Crippen LogP contribution is 2.13. The lowest BCUT2D eigenvalue weighted by molar-refractivity contribution is -0.133. The first-order valence-electron chi connectivity index (χ1n) is 4.19. The second-order valence-corrected chi connectivity index (χ2v) is 3.83. The van der Waals surface area contributed by atoms with E-state index < -0.39 is 5.97 Å². The van der Waals surface area contributed by atoms with Crippen LogP contribution in [0.5, 0.6) is 0 Å². The molecule has 0 amide bonds. The van der Waals surface area contributed by atoms with E-state index >= 15 is 0 Å². The Bertz CT molecular complexity index is 137. The second-order valence-electron chi connectivity index (χ2n) is 2.53. The van der Waals surface area contributed by atoms with Crippen LogP contribution in [-0.2, 0) is 4.79 Å². The molecular formula is C8H17NO2S. The van der Waals surface area contributed by atoms with Crippen LogP contribution in [0.25, 0.3) is 0 Å². The van der Waals surface area contributed by atoms with E-state index in [-0.39, 0.29) is 5.75 Å². The third kappa shape index (κ3) is 4.62. The van der Waals surface area contributed by atoms with E-state index in [1.165, 1.54) is 11.8 Å². The van der Waals surface area contributed by atoms with Crippen molar-refractivity contribution in [1.82, 2.24) is 4.90 Å². The maximum atomic E-state index is 10.3. The van der Waals surface area contributed by atoms with E-state index in [0.29, 0.717) is 5.37 Å². The molecule has 0 aliphatic rings. The molecule has 0 heterocycles. The summed E-state index contributed by atoms with van der Waals surface area (Å²) < 4.78 is 0. The lowest BCUT2D eigenvalue weighted by Gasteiger charge is -2.24. The molecule has 4 heteroatoms. The summed E-state index contributed by atoms with van der Waals surface area (Å²) in [6.45, 7) is 8.16. The fourth-order valence-electron chi connectivity index (χ4n) is 1.04. The smallest absolute Gasteiger partial charge is 0.313 e. The Morgan fingerprint density at radius 2 is 2.00 bits per heavy atom. The molecule has 0 radical (unpaired) electrons. The van der Waals surface area contributed by atoms with Crippen LogP contribution in [0.3, 0.4) is 0 Å². The molecule has 3 nitrogen and oxygen atoms in total. The Balaban J connectivity index is 3.68. The molecule has 12 heavy (non-hydrogen) atoms. The number of carboxylic acids is 1. The Labute approximate surface area is 78.1 Å².